The third-order valence-corrected chi connectivity index (χ3v) is 6.91. The van der Waals surface area contributed by atoms with E-state index in [9.17, 15) is 13.6 Å². The summed E-state index contributed by atoms with van der Waals surface area (Å²) < 4.78 is 31.4. The molecule has 0 saturated heterocycles. The molecule has 0 aliphatic rings. The standard InChI is InChI=1S/C19H12ClF2N3OS3/c1-24-17(26)15-16(25(19(27)29-15)13-5-2-11(20)3-6-13)23-18(24)28-9-10-8-12(21)4-7-14(10)22/h2-8H,9H2,1H3. The summed E-state index contributed by atoms with van der Waals surface area (Å²) in [7, 11) is 1.59. The van der Waals surface area contributed by atoms with Gasteiger partial charge in [-0.3, -0.25) is 13.9 Å². The minimum atomic E-state index is -0.520. The van der Waals surface area contributed by atoms with Gasteiger partial charge < -0.3 is 0 Å². The van der Waals surface area contributed by atoms with Crippen LogP contribution in [0.1, 0.15) is 5.56 Å². The number of aromatic nitrogens is 3. The van der Waals surface area contributed by atoms with Crippen molar-refractivity contribution < 1.29 is 8.78 Å². The van der Waals surface area contributed by atoms with Gasteiger partial charge in [-0.05, 0) is 54.7 Å². The molecular formula is C19H12ClF2N3OS3. The Morgan fingerprint density at radius 2 is 1.93 bits per heavy atom. The molecule has 148 valence electrons. The maximum Gasteiger partial charge on any atom is 0.273 e. The summed E-state index contributed by atoms with van der Waals surface area (Å²) in [5, 5.41) is 0.957. The molecule has 10 heteroatoms. The fraction of sp³-hybridized carbons (Fsp3) is 0.105. The number of hydrogen-bond acceptors (Lipinski definition) is 5. The van der Waals surface area contributed by atoms with Gasteiger partial charge in [-0.2, -0.15) is 0 Å². The van der Waals surface area contributed by atoms with Crippen molar-refractivity contribution in [1.82, 2.24) is 14.1 Å². The number of benzene rings is 2. The highest BCUT2D eigenvalue weighted by Crippen LogP contribution is 2.28. The Balaban J connectivity index is 1.81. The molecule has 2 aromatic carbocycles. The summed E-state index contributed by atoms with van der Waals surface area (Å²) in [5.41, 5.74) is 1.11. The van der Waals surface area contributed by atoms with Gasteiger partial charge in [-0.15, -0.1) is 0 Å². The lowest BCUT2D eigenvalue weighted by Crippen LogP contribution is -2.19. The molecule has 0 aliphatic heterocycles. The van der Waals surface area contributed by atoms with E-state index < -0.39 is 11.6 Å². The molecule has 0 atom stereocenters. The number of fused-ring (bicyclic) bond motifs is 1. The second-order valence-corrected chi connectivity index (χ2v) is 9.14. The van der Waals surface area contributed by atoms with Gasteiger partial charge in [-0.25, -0.2) is 13.8 Å². The lowest BCUT2D eigenvalue weighted by molar-refractivity contribution is 0.591. The molecule has 2 heterocycles. The predicted molar refractivity (Wildman–Crippen MR) is 116 cm³/mol. The summed E-state index contributed by atoms with van der Waals surface area (Å²) in [6.45, 7) is 0. The number of nitrogens with zero attached hydrogens (tertiary/aromatic N) is 3. The monoisotopic (exact) mass is 467 g/mol. The van der Waals surface area contributed by atoms with E-state index in [1.807, 2.05) is 0 Å². The van der Waals surface area contributed by atoms with Crippen molar-refractivity contribution in [3.63, 3.8) is 0 Å². The minimum Gasteiger partial charge on any atom is -0.289 e. The second kappa shape index (κ2) is 7.98. The minimum absolute atomic E-state index is 0.126. The van der Waals surface area contributed by atoms with Crippen molar-refractivity contribution in [3.8, 4) is 5.69 Å². The lowest BCUT2D eigenvalue weighted by Gasteiger charge is -2.09. The van der Waals surface area contributed by atoms with Crippen LogP contribution < -0.4 is 5.56 Å². The van der Waals surface area contributed by atoms with E-state index in [0.29, 0.717) is 24.5 Å². The van der Waals surface area contributed by atoms with E-state index in [1.54, 1.807) is 35.9 Å². The molecule has 4 nitrogen and oxygen atoms in total. The maximum atomic E-state index is 13.9. The molecule has 0 unspecified atom stereocenters. The van der Waals surface area contributed by atoms with Gasteiger partial charge in [0.1, 0.15) is 16.3 Å². The van der Waals surface area contributed by atoms with Gasteiger partial charge in [0.15, 0.2) is 14.8 Å². The van der Waals surface area contributed by atoms with Crippen molar-refractivity contribution in [3.05, 3.63) is 79.0 Å². The first-order chi connectivity index (χ1) is 13.8. The molecule has 4 aromatic rings. The Morgan fingerprint density at radius 3 is 2.66 bits per heavy atom. The Kier molecular flexibility index (Phi) is 5.56. The Labute approximate surface area is 182 Å². The summed E-state index contributed by atoms with van der Waals surface area (Å²) in [5.74, 6) is -0.903. The van der Waals surface area contributed by atoms with E-state index in [0.717, 1.165) is 35.6 Å². The Morgan fingerprint density at radius 1 is 1.21 bits per heavy atom. The maximum absolute atomic E-state index is 13.9. The third kappa shape index (κ3) is 3.87. The van der Waals surface area contributed by atoms with Crippen LogP contribution in [0.3, 0.4) is 0 Å². The molecule has 0 saturated carbocycles. The van der Waals surface area contributed by atoms with Crippen molar-refractivity contribution in [2.24, 2.45) is 7.05 Å². The molecule has 4 rings (SSSR count). The van der Waals surface area contributed by atoms with E-state index in [2.05, 4.69) is 4.98 Å². The fourth-order valence-electron chi connectivity index (χ4n) is 2.75. The zero-order valence-corrected chi connectivity index (χ0v) is 18.1. The summed E-state index contributed by atoms with van der Waals surface area (Å²) in [4.78, 5) is 17.4. The molecule has 29 heavy (non-hydrogen) atoms. The van der Waals surface area contributed by atoms with Crippen molar-refractivity contribution in [2.75, 3.05) is 0 Å². The van der Waals surface area contributed by atoms with Crippen LogP contribution in [0.15, 0.2) is 52.4 Å². The van der Waals surface area contributed by atoms with Crippen LogP contribution in [0, 0.1) is 15.6 Å². The van der Waals surface area contributed by atoms with Gasteiger partial charge >= 0.3 is 0 Å². The molecule has 0 aliphatic carbocycles. The summed E-state index contributed by atoms with van der Waals surface area (Å²) >= 11 is 13.7. The van der Waals surface area contributed by atoms with Gasteiger partial charge in [0, 0.05) is 29.1 Å². The van der Waals surface area contributed by atoms with Gasteiger partial charge in [0.05, 0.1) is 0 Å². The van der Waals surface area contributed by atoms with Gasteiger partial charge in [-0.1, -0.05) is 34.7 Å². The summed E-state index contributed by atoms with van der Waals surface area (Å²) in [6, 6.07) is 10.3. The molecule has 0 spiro atoms. The average molecular weight is 468 g/mol. The van der Waals surface area contributed by atoms with Crippen molar-refractivity contribution in [2.45, 2.75) is 10.9 Å². The average Bonchev–Trinajstić information content (AvgIpc) is 3.03. The first kappa shape index (κ1) is 20.2. The van der Waals surface area contributed by atoms with Gasteiger partial charge in [0.25, 0.3) is 5.56 Å². The second-order valence-electron chi connectivity index (χ2n) is 6.12. The van der Waals surface area contributed by atoms with E-state index in [1.165, 1.54) is 15.9 Å². The van der Waals surface area contributed by atoms with Crippen LogP contribution in [0.5, 0.6) is 0 Å². The molecule has 0 fully saturated rings. The number of rotatable bonds is 4. The van der Waals surface area contributed by atoms with Gasteiger partial charge in [0.2, 0.25) is 0 Å². The highest BCUT2D eigenvalue weighted by atomic mass is 35.5. The van der Waals surface area contributed by atoms with Crippen molar-refractivity contribution >= 4 is 57.3 Å². The molecule has 0 bridgehead atoms. The van der Waals surface area contributed by atoms with Crippen LogP contribution in [0.4, 0.5) is 8.78 Å². The van der Waals surface area contributed by atoms with E-state index in [4.69, 9.17) is 23.8 Å². The van der Waals surface area contributed by atoms with Crippen LogP contribution in [0.2, 0.25) is 5.02 Å². The van der Waals surface area contributed by atoms with Crippen LogP contribution in [0.25, 0.3) is 16.0 Å². The van der Waals surface area contributed by atoms with Crippen LogP contribution in [-0.2, 0) is 12.8 Å². The van der Waals surface area contributed by atoms with Crippen LogP contribution >= 0.6 is 46.9 Å². The normalized spacial score (nSPS) is 11.3. The number of thioether (sulfide) groups is 1. The molecule has 0 radical (unpaired) electrons. The SMILES string of the molecule is Cn1c(SCc2cc(F)ccc2F)nc2c(sc(=S)n2-c2ccc(Cl)cc2)c1=O. The largest absolute Gasteiger partial charge is 0.289 e. The van der Waals surface area contributed by atoms with E-state index >= 15 is 0 Å². The highest BCUT2D eigenvalue weighted by molar-refractivity contribution is 7.98. The molecular weight excluding hydrogens is 456 g/mol. The molecule has 0 amide bonds. The first-order valence-corrected chi connectivity index (χ1v) is 10.9. The smallest absolute Gasteiger partial charge is 0.273 e. The zero-order valence-electron chi connectivity index (χ0n) is 14.9. The number of halogens is 3. The zero-order chi connectivity index (χ0) is 20.7. The molecule has 2 aromatic heterocycles. The predicted octanol–water partition coefficient (Wildman–Crippen LogP) is 5.74. The quantitative estimate of drug-likeness (QED) is 0.218. The topological polar surface area (TPSA) is 39.8 Å². The Hall–Kier alpha value is -2.07. The van der Waals surface area contributed by atoms with Crippen molar-refractivity contribution in [1.29, 1.82) is 0 Å². The molecule has 0 N–H and O–H groups in total. The number of thiazole rings is 1. The van der Waals surface area contributed by atoms with Crippen LogP contribution in [-0.4, -0.2) is 14.1 Å². The third-order valence-electron chi connectivity index (χ3n) is 4.22. The highest BCUT2D eigenvalue weighted by Gasteiger charge is 2.17. The fourth-order valence-corrected chi connectivity index (χ4v) is 5.17. The Bertz CT molecular complexity index is 1350. The summed E-state index contributed by atoms with van der Waals surface area (Å²) in [6.07, 6.45) is 0. The lowest BCUT2D eigenvalue weighted by atomic mass is 10.2. The first-order valence-electron chi connectivity index (χ1n) is 8.30. The number of hydrogen-bond donors (Lipinski definition) is 0. The van der Waals surface area contributed by atoms with E-state index in [-0.39, 0.29) is 16.9 Å².